The van der Waals surface area contributed by atoms with Crippen molar-refractivity contribution in [3.63, 3.8) is 0 Å². The zero-order valence-corrected chi connectivity index (χ0v) is 9.94. The molecule has 1 fully saturated rings. The highest BCUT2D eigenvalue weighted by atomic mass is 16.5. The average Bonchev–Trinajstić information content (AvgIpc) is 2.81. The van der Waals surface area contributed by atoms with Crippen LogP contribution in [0.2, 0.25) is 0 Å². The number of nitrogens with zero attached hydrogens (tertiary/aromatic N) is 2. The van der Waals surface area contributed by atoms with Gasteiger partial charge in [0.1, 0.15) is 6.33 Å². The Balaban J connectivity index is 2.28. The molecule has 0 spiro atoms. The van der Waals surface area contributed by atoms with Gasteiger partial charge in [-0.3, -0.25) is 0 Å². The molecule has 1 N–H and O–H groups in total. The fraction of sp³-hybridized carbons (Fsp3) is 0.667. The molecule has 1 saturated carbocycles. The Morgan fingerprint density at radius 2 is 1.94 bits per heavy atom. The molecule has 4 heteroatoms. The van der Waals surface area contributed by atoms with Crippen LogP contribution in [0.5, 0.6) is 0 Å². The first kappa shape index (κ1) is 11.5. The molecule has 0 aliphatic heterocycles. The van der Waals surface area contributed by atoms with Crippen molar-refractivity contribution in [1.29, 1.82) is 0 Å². The number of aromatic nitrogens is 2. The monoisotopic (exact) mass is 221 g/mol. The summed E-state index contributed by atoms with van der Waals surface area (Å²) in [7, 11) is 3.77. The van der Waals surface area contributed by atoms with E-state index in [1.165, 1.54) is 12.8 Å². The maximum atomic E-state index is 5.79. The second-order valence-corrected chi connectivity index (χ2v) is 4.37. The second kappa shape index (κ2) is 4.89. The van der Waals surface area contributed by atoms with Crippen LogP contribution in [0.1, 0.15) is 37.3 Å². The van der Waals surface area contributed by atoms with Gasteiger partial charge in [-0.25, -0.2) is 9.97 Å². The molecule has 0 radical (unpaired) electrons. The van der Waals surface area contributed by atoms with Gasteiger partial charge >= 0.3 is 0 Å². The van der Waals surface area contributed by atoms with Gasteiger partial charge in [0.2, 0.25) is 0 Å². The van der Waals surface area contributed by atoms with Crippen molar-refractivity contribution in [3.05, 3.63) is 24.3 Å². The molecule has 1 heterocycles. The zero-order valence-electron chi connectivity index (χ0n) is 9.94. The summed E-state index contributed by atoms with van der Waals surface area (Å²) in [5.74, 6) is 0. The third-order valence-corrected chi connectivity index (χ3v) is 3.59. The van der Waals surface area contributed by atoms with E-state index in [9.17, 15) is 0 Å². The van der Waals surface area contributed by atoms with Gasteiger partial charge in [-0.05, 0) is 19.9 Å². The summed E-state index contributed by atoms with van der Waals surface area (Å²) in [5, 5.41) is 3.35. The van der Waals surface area contributed by atoms with Gasteiger partial charge in [0, 0.05) is 25.1 Å². The van der Waals surface area contributed by atoms with E-state index >= 15 is 0 Å². The number of ether oxygens (including phenoxy) is 1. The molecule has 88 valence electrons. The third kappa shape index (κ3) is 1.95. The summed E-state index contributed by atoms with van der Waals surface area (Å²) in [6.07, 6.45) is 9.97. The first-order chi connectivity index (χ1) is 7.82. The highest BCUT2D eigenvalue weighted by Crippen LogP contribution is 2.41. The topological polar surface area (TPSA) is 47.0 Å². The molecular formula is C12H19N3O. The Morgan fingerprint density at radius 3 is 2.44 bits per heavy atom. The van der Waals surface area contributed by atoms with Crippen LogP contribution >= 0.6 is 0 Å². The first-order valence-corrected chi connectivity index (χ1v) is 5.80. The minimum atomic E-state index is -0.0839. The summed E-state index contributed by atoms with van der Waals surface area (Å²) < 4.78 is 5.79. The maximum absolute atomic E-state index is 5.79. The molecule has 16 heavy (non-hydrogen) atoms. The minimum absolute atomic E-state index is 0.0839. The zero-order chi connectivity index (χ0) is 11.4. The molecule has 4 nitrogen and oxygen atoms in total. The van der Waals surface area contributed by atoms with Crippen molar-refractivity contribution in [3.8, 4) is 0 Å². The summed E-state index contributed by atoms with van der Waals surface area (Å²) in [5.41, 5.74) is 1.02. The molecule has 1 aromatic heterocycles. The van der Waals surface area contributed by atoms with Crippen LogP contribution in [0.4, 0.5) is 0 Å². The Bertz CT molecular complexity index is 322. The fourth-order valence-electron chi connectivity index (χ4n) is 2.78. The largest absolute Gasteiger partial charge is 0.376 e. The molecule has 1 unspecified atom stereocenters. The van der Waals surface area contributed by atoms with Crippen molar-refractivity contribution >= 4 is 0 Å². The van der Waals surface area contributed by atoms with Gasteiger partial charge in [-0.2, -0.15) is 0 Å². The molecule has 1 aliphatic carbocycles. The van der Waals surface area contributed by atoms with Crippen LogP contribution < -0.4 is 5.32 Å². The fourth-order valence-corrected chi connectivity index (χ4v) is 2.78. The molecule has 1 atom stereocenters. The van der Waals surface area contributed by atoms with Crippen LogP contribution in [0.25, 0.3) is 0 Å². The van der Waals surface area contributed by atoms with Crippen LogP contribution in [0, 0.1) is 0 Å². The predicted molar refractivity (Wildman–Crippen MR) is 62.0 cm³/mol. The molecule has 1 aliphatic rings. The van der Waals surface area contributed by atoms with Crippen molar-refractivity contribution in [1.82, 2.24) is 15.3 Å². The highest BCUT2D eigenvalue weighted by Gasteiger charge is 2.41. The minimum Gasteiger partial charge on any atom is -0.376 e. The lowest BCUT2D eigenvalue weighted by Gasteiger charge is -2.36. The van der Waals surface area contributed by atoms with Crippen LogP contribution in [-0.4, -0.2) is 29.7 Å². The van der Waals surface area contributed by atoms with Crippen LogP contribution in [-0.2, 0) is 4.74 Å². The van der Waals surface area contributed by atoms with E-state index in [-0.39, 0.29) is 11.6 Å². The predicted octanol–water partition coefficient (Wildman–Crippen LogP) is 1.70. The summed E-state index contributed by atoms with van der Waals surface area (Å²) in [6, 6.07) is 0.182. The van der Waals surface area contributed by atoms with Crippen LogP contribution in [0.3, 0.4) is 0 Å². The number of rotatable bonds is 4. The second-order valence-electron chi connectivity index (χ2n) is 4.37. The lowest BCUT2D eigenvalue weighted by molar-refractivity contribution is -0.0350. The van der Waals surface area contributed by atoms with Crippen molar-refractivity contribution in [2.24, 2.45) is 0 Å². The van der Waals surface area contributed by atoms with E-state index < -0.39 is 0 Å². The van der Waals surface area contributed by atoms with Gasteiger partial charge in [-0.1, -0.05) is 12.8 Å². The van der Waals surface area contributed by atoms with E-state index in [2.05, 4.69) is 15.3 Å². The number of hydrogen-bond donors (Lipinski definition) is 1. The van der Waals surface area contributed by atoms with Crippen molar-refractivity contribution in [2.45, 2.75) is 37.3 Å². The van der Waals surface area contributed by atoms with Gasteiger partial charge in [0.15, 0.2) is 0 Å². The highest BCUT2D eigenvalue weighted by molar-refractivity contribution is 5.16. The van der Waals surface area contributed by atoms with Gasteiger partial charge in [-0.15, -0.1) is 0 Å². The molecule has 2 rings (SSSR count). The summed E-state index contributed by atoms with van der Waals surface area (Å²) >= 11 is 0. The Kier molecular flexibility index (Phi) is 3.51. The lowest BCUT2D eigenvalue weighted by atomic mass is 9.88. The molecule has 0 saturated heterocycles. The Morgan fingerprint density at radius 1 is 1.31 bits per heavy atom. The van der Waals surface area contributed by atoms with Gasteiger partial charge < -0.3 is 10.1 Å². The van der Waals surface area contributed by atoms with Crippen LogP contribution in [0.15, 0.2) is 18.7 Å². The standard InChI is InChI=1S/C12H19N3O/c1-13-11(10-7-14-9-15-8-10)12(16-2)5-3-4-6-12/h7-9,11,13H,3-6H2,1-2H3. The molecule has 0 amide bonds. The van der Waals surface area contributed by atoms with E-state index in [0.29, 0.717) is 0 Å². The smallest absolute Gasteiger partial charge is 0.115 e. The lowest BCUT2D eigenvalue weighted by Crippen LogP contribution is -2.42. The summed E-state index contributed by atoms with van der Waals surface area (Å²) in [4.78, 5) is 8.17. The van der Waals surface area contributed by atoms with E-state index in [1.54, 1.807) is 13.4 Å². The van der Waals surface area contributed by atoms with Crippen molar-refractivity contribution < 1.29 is 4.74 Å². The Labute approximate surface area is 96.4 Å². The SMILES string of the molecule is CNC(c1cncnc1)C1(OC)CCCC1. The molecular weight excluding hydrogens is 202 g/mol. The maximum Gasteiger partial charge on any atom is 0.115 e. The molecule has 0 bridgehead atoms. The van der Waals surface area contributed by atoms with Gasteiger partial charge in [0.25, 0.3) is 0 Å². The normalized spacial score (nSPS) is 20.9. The summed E-state index contributed by atoms with van der Waals surface area (Å²) in [6.45, 7) is 0. The Hall–Kier alpha value is -1.00. The van der Waals surface area contributed by atoms with E-state index in [4.69, 9.17) is 4.74 Å². The van der Waals surface area contributed by atoms with E-state index in [1.807, 2.05) is 19.4 Å². The molecule has 0 aromatic carbocycles. The van der Waals surface area contributed by atoms with Gasteiger partial charge in [0.05, 0.1) is 11.6 Å². The number of hydrogen-bond acceptors (Lipinski definition) is 4. The quantitative estimate of drug-likeness (QED) is 0.840. The van der Waals surface area contributed by atoms with Crippen molar-refractivity contribution in [2.75, 3.05) is 14.2 Å². The first-order valence-electron chi connectivity index (χ1n) is 5.80. The molecule has 1 aromatic rings. The average molecular weight is 221 g/mol. The third-order valence-electron chi connectivity index (χ3n) is 3.59. The number of nitrogens with one attached hydrogen (secondary N) is 1. The number of likely N-dealkylation sites (N-methyl/N-ethyl adjacent to an activating group) is 1. The van der Waals surface area contributed by atoms with E-state index in [0.717, 1.165) is 18.4 Å². The number of methoxy groups -OCH3 is 1.